The number of hydrogen-bond donors (Lipinski definition) is 0. The van der Waals surface area contributed by atoms with Gasteiger partial charge in [-0.05, 0) is 155 Å². The van der Waals surface area contributed by atoms with Crippen molar-refractivity contribution >= 4 is 65.7 Å². The average Bonchev–Trinajstić information content (AvgIpc) is 3.63. The molecule has 9 aromatic rings. The summed E-state index contributed by atoms with van der Waals surface area (Å²) in [7, 11) is 0. The molecule has 8 aromatic carbocycles. The molecule has 0 bridgehead atoms. The second-order valence-electron chi connectivity index (χ2n) is 15.8. The quantitative estimate of drug-likeness (QED) is 0.123. The summed E-state index contributed by atoms with van der Waals surface area (Å²) in [6, 6.07) is 47.7. The van der Waals surface area contributed by atoms with Crippen molar-refractivity contribution in [1.29, 1.82) is 0 Å². The van der Waals surface area contributed by atoms with Crippen LogP contribution in [0.15, 0.2) is 169 Å². The van der Waals surface area contributed by atoms with Gasteiger partial charge >= 0.3 is 0 Å². The highest BCUT2D eigenvalue weighted by Crippen LogP contribution is 2.51. The van der Waals surface area contributed by atoms with E-state index in [1.165, 1.54) is 104 Å². The molecule has 0 atom stereocenters. The van der Waals surface area contributed by atoms with Crippen molar-refractivity contribution in [3.8, 4) is 33.4 Å². The highest BCUT2D eigenvalue weighted by atomic mass is 16.3. The molecule has 1 nitrogen and oxygen atoms in total. The molecule has 1 aromatic heterocycles. The Kier molecular flexibility index (Phi) is 7.66. The van der Waals surface area contributed by atoms with Crippen molar-refractivity contribution in [2.75, 3.05) is 0 Å². The van der Waals surface area contributed by atoms with Crippen molar-refractivity contribution in [3.05, 3.63) is 193 Å². The Balaban J connectivity index is 1.07. The summed E-state index contributed by atoms with van der Waals surface area (Å²) in [5.41, 5.74) is 14.4. The lowest BCUT2D eigenvalue weighted by Gasteiger charge is -2.22. The summed E-state index contributed by atoms with van der Waals surface area (Å²) >= 11 is 0. The van der Waals surface area contributed by atoms with E-state index in [0.717, 1.165) is 16.9 Å². The third kappa shape index (κ3) is 5.08. The molecule has 0 radical (unpaired) electrons. The summed E-state index contributed by atoms with van der Waals surface area (Å²) in [5, 5.41) is 10.9. The van der Waals surface area contributed by atoms with E-state index >= 15 is 0 Å². The molecule has 1 heterocycles. The molecule has 1 aliphatic carbocycles. The lowest BCUT2D eigenvalue weighted by atomic mass is 9.81. The van der Waals surface area contributed by atoms with Gasteiger partial charge in [-0.2, -0.15) is 0 Å². The van der Waals surface area contributed by atoms with Gasteiger partial charge in [0.05, 0.1) is 0 Å². The molecule has 1 aliphatic rings. The molecule has 0 saturated heterocycles. The van der Waals surface area contributed by atoms with Crippen LogP contribution in [0, 0.1) is 6.92 Å². The highest BCUT2D eigenvalue weighted by molar-refractivity contribution is 6.19. The molecule has 0 fully saturated rings. The molecule has 0 amide bonds. The van der Waals surface area contributed by atoms with Gasteiger partial charge in [0.15, 0.2) is 0 Å². The van der Waals surface area contributed by atoms with Gasteiger partial charge in [-0.15, -0.1) is 0 Å². The molecule has 0 saturated carbocycles. The van der Waals surface area contributed by atoms with Gasteiger partial charge in [0.1, 0.15) is 11.3 Å². The van der Waals surface area contributed by atoms with Gasteiger partial charge in [0, 0.05) is 16.4 Å². The molecule has 268 valence electrons. The van der Waals surface area contributed by atoms with Gasteiger partial charge in [0.25, 0.3) is 0 Å². The minimum absolute atomic E-state index is 0.104. The van der Waals surface area contributed by atoms with Gasteiger partial charge in [-0.3, -0.25) is 0 Å². The average molecular weight is 719 g/mol. The molecule has 0 N–H and O–H groups in total. The van der Waals surface area contributed by atoms with E-state index in [-0.39, 0.29) is 5.41 Å². The number of benzene rings is 8. The lowest BCUT2D eigenvalue weighted by Crippen LogP contribution is -2.14. The molecule has 10 rings (SSSR count). The van der Waals surface area contributed by atoms with E-state index in [9.17, 15) is 0 Å². The number of rotatable bonds is 6. The molecular formula is C55H42O. The molecule has 0 aliphatic heterocycles. The van der Waals surface area contributed by atoms with Crippen LogP contribution in [-0.4, -0.2) is 0 Å². The zero-order valence-electron chi connectivity index (χ0n) is 32.3. The van der Waals surface area contributed by atoms with Crippen LogP contribution < -0.4 is 0 Å². The largest absolute Gasteiger partial charge is 0.461 e. The zero-order valence-corrected chi connectivity index (χ0v) is 32.3. The van der Waals surface area contributed by atoms with Crippen LogP contribution in [-0.2, 0) is 5.41 Å². The third-order valence-electron chi connectivity index (χ3n) is 12.1. The van der Waals surface area contributed by atoms with Crippen molar-refractivity contribution in [2.45, 2.75) is 33.1 Å². The second kappa shape index (κ2) is 12.7. The van der Waals surface area contributed by atoms with Crippen LogP contribution in [0.3, 0.4) is 0 Å². The van der Waals surface area contributed by atoms with Gasteiger partial charge in [-0.1, -0.05) is 142 Å². The lowest BCUT2D eigenvalue weighted by molar-refractivity contribution is 0.578. The zero-order chi connectivity index (χ0) is 38.3. The minimum atomic E-state index is -0.104. The van der Waals surface area contributed by atoms with Crippen LogP contribution in [0.1, 0.15) is 48.8 Å². The minimum Gasteiger partial charge on any atom is -0.461 e. The van der Waals surface area contributed by atoms with Gasteiger partial charge < -0.3 is 4.42 Å². The standard InChI is InChI=1S/C55H42O/c1-7-9-15-33(3)53-43-16-10-12-18-45(43)54(46-19-13-11-17-44(46)53)39-23-22-35-26-36(20-21-37(35)27-39)38-24-25-50-47(28-38)48-29-41-32-52-49(42(14-8-2)34(4)56-52)30-40(41)31-51(48)55(50,5)6/h7-32H,1,3H2,2,4-6H3/b14-8-,15-9-. The van der Waals surface area contributed by atoms with E-state index < -0.39 is 0 Å². The Morgan fingerprint density at radius 1 is 0.607 bits per heavy atom. The van der Waals surface area contributed by atoms with E-state index in [0.29, 0.717) is 0 Å². The molecule has 1 heteroatoms. The van der Waals surface area contributed by atoms with Crippen molar-refractivity contribution < 1.29 is 4.42 Å². The van der Waals surface area contributed by atoms with Crippen molar-refractivity contribution in [1.82, 2.24) is 0 Å². The van der Waals surface area contributed by atoms with Crippen LogP contribution >= 0.6 is 0 Å². The summed E-state index contributed by atoms with van der Waals surface area (Å²) in [6.45, 7) is 17.2. The molecule has 0 spiro atoms. The number of allylic oxidation sites excluding steroid dienone is 5. The van der Waals surface area contributed by atoms with E-state index in [1.54, 1.807) is 6.08 Å². The first-order chi connectivity index (χ1) is 27.2. The fourth-order valence-corrected chi connectivity index (χ4v) is 9.42. The molecule has 56 heavy (non-hydrogen) atoms. The summed E-state index contributed by atoms with van der Waals surface area (Å²) in [5.74, 6) is 0.957. The molecular weight excluding hydrogens is 677 g/mol. The first kappa shape index (κ1) is 33.8. The number of hydrogen-bond acceptors (Lipinski definition) is 1. The second-order valence-corrected chi connectivity index (χ2v) is 15.8. The fourth-order valence-electron chi connectivity index (χ4n) is 9.42. The first-order valence-electron chi connectivity index (χ1n) is 19.5. The van der Waals surface area contributed by atoms with Crippen LogP contribution in [0.25, 0.3) is 99.1 Å². The van der Waals surface area contributed by atoms with Gasteiger partial charge in [0.2, 0.25) is 0 Å². The van der Waals surface area contributed by atoms with Gasteiger partial charge in [-0.25, -0.2) is 0 Å². The SMILES string of the molecule is C=C/C=C\C(=C)c1c2ccccc2c(-c2ccc3cc(-c4ccc5c(c4)-c4cc6cc7oc(C)c(/C=C\C)c7cc6cc4C5(C)C)ccc3c2)c2ccccc12. The number of fused-ring (bicyclic) bond motifs is 8. The summed E-state index contributed by atoms with van der Waals surface area (Å²) in [4.78, 5) is 0. The summed E-state index contributed by atoms with van der Waals surface area (Å²) < 4.78 is 6.24. The predicted octanol–water partition coefficient (Wildman–Crippen LogP) is 15.8. The Morgan fingerprint density at radius 3 is 1.91 bits per heavy atom. The maximum Gasteiger partial charge on any atom is 0.135 e. The smallest absolute Gasteiger partial charge is 0.135 e. The van der Waals surface area contributed by atoms with Crippen LogP contribution in [0.4, 0.5) is 0 Å². The molecule has 0 unspecified atom stereocenters. The van der Waals surface area contributed by atoms with Crippen LogP contribution in [0.5, 0.6) is 0 Å². The fraction of sp³-hybridized carbons (Fsp3) is 0.0909. The van der Waals surface area contributed by atoms with Crippen molar-refractivity contribution in [2.24, 2.45) is 0 Å². The monoisotopic (exact) mass is 718 g/mol. The van der Waals surface area contributed by atoms with Crippen molar-refractivity contribution in [3.63, 3.8) is 0 Å². The maximum atomic E-state index is 6.24. The number of furan rings is 1. The van der Waals surface area contributed by atoms with Crippen LogP contribution in [0.2, 0.25) is 0 Å². The van der Waals surface area contributed by atoms with E-state index in [4.69, 9.17) is 4.42 Å². The Labute approximate surface area is 328 Å². The topological polar surface area (TPSA) is 13.1 Å². The predicted molar refractivity (Wildman–Crippen MR) is 242 cm³/mol. The Bertz CT molecular complexity index is 3150. The Morgan fingerprint density at radius 2 is 1.21 bits per heavy atom. The summed E-state index contributed by atoms with van der Waals surface area (Å²) in [6.07, 6.45) is 10.0. The normalized spacial score (nSPS) is 13.5. The Hall–Kier alpha value is -6.70. The third-order valence-corrected chi connectivity index (χ3v) is 12.1. The first-order valence-corrected chi connectivity index (χ1v) is 19.5. The highest BCUT2D eigenvalue weighted by Gasteiger charge is 2.36. The maximum absolute atomic E-state index is 6.24. The number of aryl methyl sites for hydroxylation is 1. The van der Waals surface area contributed by atoms with E-state index in [2.05, 4.69) is 186 Å². The van der Waals surface area contributed by atoms with E-state index in [1.807, 2.05) is 6.08 Å².